The molecule has 88 valence electrons. The summed E-state index contributed by atoms with van der Waals surface area (Å²) in [6.07, 6.45) is 2.52. The highest BCUT2D eigenvalue weighted by Crippen LogP contribution is 2.14. The Morgan fingerprint density at radius 1 is 1.47 bits per heavy atom. The van der Waals surface area contributed by atoms with Crippen LogP contribution in [0.2, 0.25) is 0 Å². The summed E-state index contributed by atoms with van der Waals surface area (Å²) in [4.78, 5) is 11.8. The Balaban J connectivity index is 2.27. The van der Waals surface area contributed by atoms with Crippen LogP contribution >= 0.6 is 0 Å². The quantitative estimate of drug-likeness (QED) is 0.722. The molecule has 2 atom stereocenters. The van der Waals surface area contributed by atoms with Gasteiger partial charge in [0.05, 0.1) is 0 Å². The summed E-state index contributed by atoms with van der Waals surface area (Å²) in [6, 6.07) is 0.301. The molecule has 0 aromatic carbocycles. The third-order valence-corrected chi connectivity index (χ3v) is 2.71. The molecule has 0 aliphatic carbocycles. The van der Waals surface area contributed by atoms with Gasteiger partial charge in [0.15, 0.2) is 0 Å². The fraction of sp³-hybridized carbons (Fsp3) is 0.909. The van der Waals surface area contributed by atoms with Crippen molar-refractivity contribution < 1.29 is 9.53 Å². The van der Waals surface area contributed by atoms with Crippen LogP contribution in [0.5, 0.6) is 0 Å². The first-order valence-electron chi connectivity index (χ1n) is 5.73. The summed E-state index contributed by atoms with van der Waals surface area (Å²) in [5.41, 5.74) is 5.68. The number of amides is 1. The van der Waals surface area contributed by atoms with Crippen molar-refractivity contribution >= 4 is 5.91 Å². The Bertz CT molecular complexity index is 201. The van der Waals surface area contributed by atoms with E-state index in [-0.39, 0.29) is 23.9 Å². The van der Waals surface area contributed by atoms with Crippen molar-refractivity contribution in [2.24, 2.45) is 11.7 Å². The summed E-state index contributed by atoms with van der Waals surface area (Å²) in [5.74, 6) is 0.292. The smallest absolute Gasteiger partial charge is 0.223 e. The lowest BCUT2D eigenvalue weighted by atomic mass is 9.98. The zero-order chi connectivity index (χ0) is 11.3. The standard InChI is InChI=1S/C11H22N2O2/c1-8(12)7-9(2)13-11(14)10-3-5-15-6-4-10/h8-10H,3-7,12H2,1-2H3,(H,13,14). The maximum Gasteiger partial charge on any atom is 0.223 e. The molecule has 2 unspecified atom stereocenters. The second-order valence-corrected chi connectivity index (χ2v) is 4.51. The van der Waals surface area contributed by atoms with Crippen LogP contribution in [0.4, 0.5) is 0 Å². The Labute approximate surface area is 91.5 Å². The molecular formula is C11H22N2O2. The number of hydrogen-bond donors (Lipinski definition) is 2. The highest BCUT2D eigenvalue weighted by atomic mass is 16.5. The molecule has 0 aromatic rings. The Morgan fingerprint density at radius 2 is 2.07 bits per heavy atom. The van der Waals surface area contributed by atoms with Crippen molar-refractivity contribution in [2.75, 3.05) is 13.2 Å². The van der Waals surface area contributed by atoms with Gasteiger partial charge in [-0.1, -0.05) is 0 Å². The predicted molar refractivity (Wildman–Crippen MR) is 59.4 cm³/mol. The number of carbonyl (C=O) groups excluding carboxylic acids is 1. The van der Waals surface area contributed by atoms with Gasteiger partial charge in [-0.2, -0.15) is 0 Å². The number of hydrogen-bond acceptors (Lipinski definition) is 3. The average Bonchev–Trinajstić information content (AvgIpc) is 2.17. The van der Waals surface area contributed by atoms with Gasteiger partial charge in [0.2, 0.25) is 5.91 Å². The number of rotatable bonds is 4. The maximum atomic E-state index is 11.8. The van der Waals surface area contributed by atoms with Crippen LogP contribution in [0.15, 0.2) is 0 Å². The third kappa shape index (κ3) is 4.62. The number of carbonyl (C=O) groups is 1. The van der Waals surface area contributed by atoms with Crippen LogP contribution < -0.4 is 11.1 Å². The van der Waals surface area contributed by atoms with Crippen molar-refractivity contribution in [2.45, 2.75) is 45.2 Å². The van der Waals surface area contributed by atoms with Crippen molar-refractivity contribution in [1.29, 1.82) is 0 Å². The van der Waals surface area contributed by atoms with E-state index in [2.05, 4.69) is 5.32 Å². The second kappa shape index (κ2) is 6.08. The first kappa shape index (κ1) is 12.5. The Hall–Kier alpha value is -0.610. The molecule has 4 nitrogen and oxygen atoms in total. The van der Waals surface area contributed by atoms with Crippen LogP contribution in [-0.2, 0) is 9.53 Å². The minimum absolute atomic E-state index is 0.134. The molecule has 1 saturated heterocycles. The summed E-state index contributed by atoms with van der Waals surface area (Å²) in [7, 11) is 0. The lowest BCUT2D eigenvalue weighted by Crippen LogP contribution is -2.41. The number of ether oxygens (including phenoxy) is 1. The molecule has 15 heavy (non-hydrogen) atoms. The second-order valence-electron chi connectivity index (χ2n) is 4.51. The van der Waals surface area contributed by atoms with E-state index in [0.717, 1.165) is 19.3 Å². The highest BCUT2D eigenvalue weighted by molar-refractivity contribution is 5.78. The van der Waals surface area contributed by atoms with Crippen LogP contribution in [0.3, 0.4) is 0 Å². The fourth-order valence-corrected chi connectivity index (χ4v) is 1.94. The predicted octanol–water partition coefficient (Wildman–Crippen LogP) is 0.655. The average molecular weight is 214 g/mol. The lowest BCUT2D eigenvalue weighted by Gasteiger charge is -2.24. The molecule has 3 N–H and O–H groups in total. The first-order chi connectivity index (χ1) is 7.09. The van der Waals surface area contributed by atoms with Gasteiger partial charge in [-0.05, 0) is 33.1 Å². The van der Waals surface area contributed by atoms with E-state index in [1.807, 2.05) is 13.8 Å². The minimum atomic E-state index is 0.134. The van der Waals surface area contributed by atoms with Crippen LogP contribution in [0, 0.1) is 5.92 Å². The molecular weight excluding hydrogens is 192 g/mol. The summed E-state index contributed by atoms with van der Waals surface area (Å²) in [5, 5.41) is 3.01. The van der Waals surface area contributed by atoms with E-state index >= 15 is 0 Å². The normalized spacial score (nSPS) is 22.1. The van der Waals surface area contributed by atoms with E-state index in [1.165, 1.54) is 0 Å². The van der Waals surface area contributed by atoms with Crippen LogP contribution in [-0.4, -0.2) is 31.2 Å². The van der Waals surface area contributed by atoms with Gasteiger partial charge < -0.3 is 15.8 Å². The van der Waals surface area contributed by atoms with Crippen molar-refractivity contribution in [3.63, 3.8) is 0 Å². The van der Waals surface area contributed by atoms with E-state index in [9.17, 15) is 4.79 Å². The molecule has 0 bridgehead atoms. The van der Waals surface area contributed by atoms with Gasteiger partial charge in [0.25, 0.3) is 0 Å². The zero-order valence-electron chi connectivity index (χ0n) is 9.66. The molecule has 1 aliphatic rings. The molecule has 1 amide bonds. The van der Waals surface area contributed by atoms with Gasteiger partial charge in [0.1, 0.15) is 0 Å². The van der Waals surface area contributed by atoms with Gasteiger partial charge in [-0.25, -0.2) is 0 Å². The first-order valence-corrected chi connectivity index (χ1v) is 5.73. The molecule has 4 heteroatoms. The van der Waals surface area contributed by atoms with E-state index in [0.29, 0.717) is 13.2 Å². The van der Waals surface area contributed by atoms with Gasteiger partial charge in [0, 0.05) is 31.2 Å². The molecule has 1 aliphatic heterocycles. The SMILES string of the molecule is CC(N)CC(C)NC(=O)C1CCOCC1. The van der Waals surface area contributed by atoms with Crippen molar-refractivity contribution in [3.8, 4) is 0 Å². The van der Waals surface area contributed by atoms with Crippen LogP contribution in [0.1, 0.15) is 33.1 Å². The Morgan fingerprint density at radius 3 is 2.60 bits per heavy atom. The van der Waals surface area contributed by atoms with Crippen molar-refractivity contribution in [1.82, 2.24) is 5.32 Å². The maximum absolute atomic E-state index is 11.8. The Kier molecular flexibility index (Phi) is 5.05. The topological polar surface area (TPSA) is 64.3 Å². The molecule has 0 saturated carbocycles. The van der Waals surface area contributed by atoms with Gasteiger partial charge >= 0.3 is 0 Å². The molecule has 1 rings (SSSR count). The number of nitrogens with one attached hydrogen (secondary N) is 1. The van der Waals surface area contributed by atoms with Crippen molar-refractivity contribution in [3.05, 3.63) is 0 Å². The zero-order valence-corrected chi connectivity index (χ0v) is 9.66. The van der Waals surface area contributed by atoms with Crippen LogP contribution in [0.25, 0.3) is 0 Å². The van der Waals surface area contributed by atoms with Gasteiger partial charge in [-0.3, -0.25) is 4.79 Å². The van der Waals surface area contributed by atoms with Gasteiger partial charge in [-0.15, -0.1) is 0 Å². The third-order valence-electron chi connectivity index (χ3n) is 2.71. The monoisotopic (exact) mass is 214 g/mol. The highest BCUT2D eigenvalue weighted by Gasteiger charge is 2.22. The molecule has 0 spiro atoms. The number of nitrogens with two attached hydrogens (primary N) is 1. The largest absolute Gasteiger partial charge is 0.381 e. The summed E-state index contributed by atoms with van der Waals surface area (Å²) >= 11 is 0. The van der Waals surface area contributed by atoms with E-state index in [1.54, 1.807) is 0 Å². The minimum Gasteiger partial charge on any atom is -0.381 e. The molecule has 0 aromatic heterocycles. The molecule has 1 heterocycles. The lowest BCUT2D eigenvalue weighted by molar-refractivity contribution is -0.128. The summed E-state index contributed by atoms with van der Waals surface area (Å²) < 4.78 is 5.22. The van der Waals surface area contributed by atoms with E-state index < -0.39 is 0 Å². The molecule has 1 fully saturated rings. The fourth-order valence-electron chi connectivity index (χ4n) is 1.94. The van der Waals surface area contributed by atoms with E-state index in [4.69, 9.17) is 10.5 Å². The summed E-state index contributed by atoms with van der Waals surface area (Å²) in [6.45, 7) is 5.37. The molecule has 0 radical (unpaired) electrons.